The molecule has 2 N–H and O–H groups in total. The van der Waals surface area contributed by atoms with Gasteiger partial charge in [0, 0.05) is 33.1 Å². The normalized spacial score (nSPS) is 14.8. The van der Waals surface area contributed by atoms with Gasteiger partial charge < -0.3 is 24.7 Å². The first-order chi connectivity index (χ1) is 14.2. The number of hydrogen-bond donors (Lipinski definition) is 2. The molecule has 2 aromatic rings. The Bertz CT molecular complexity index is 798. The number of aliphatic imine (C=N–C) groups is 1. The van der Waals surface area contributed by atoms with Crippen molar-refractivity contribution < 1.29 is 9.47 Å². The Morgan fingerprint density at radius 1 is 1.24 bits per heavy atom. The first kappa shape index (κ1) is 21.0. The highest BCUT2D eigenvalue weighted by molar-refractivity contribution is 5.79. The maximum atomic E-state index is 6.19. The van der Waals surface area contributed by atoms with Gasteiger partial charge >= 0.3 is 0 Å². The molecule has 1 aliphatic rings. The van der Waals surface area contributed by atoms with Crippen LogP contribution in [0.4, 0.5) is 0 Å². The molecule has 0 saturated heterocycles. The first-order valence-electron chi connectivity index (χ1n) is 10.4. The Kier molecular flexibility index (Phi) is 7.72. The van der Waals surface area contributed by atoms with Crippen molar-refractivity contribution in [3.63, 3.8) is 0 Å². The summed E-state index contributed by atoms with van der Waals surface area (Å²) in [6.07, 6.45) is 7.65. The van der Waals surface area contributed by atoms with Gasteiger partial charge in [0.05, 0.1) is 13.2 Å². The second-order valence-electron chi connectivity index (χ2n) is 7.16. The summed E-state index contributed by atoms with van der Waals surface area (Å²) in [5.74, 6) is 3.35. The van der Waals surface area contributed by atoms with E-state index in [2.05, 4.69) is 43.4 Å². The zero-order valence-electron chi connectivity index (χ0n) is 17.6. The Hall–Kier alpha value is -2.77. The molecule has 1 heterocycles. The highest BCUT2D eigenvalue weighted by Gasteiger charge is 2.18. The number of rotatable bonds is 9. The minimum absolute atomic E-state index is 0.298. The van der Waals surface area contributed by atoms with Crippen LogP contribution in [0, 0.1) is 0 Å². The van der Waals surface area contributed by atoms with Crippen LogP contribution >= 0.6 is 0 Å². The first-order valence-corrected chi connectivity index (χ1v) is 10.4. The minimum atomic E-state index is 0.298. The van der Waals surface area contributed by atoms with Gasteiger partial charge in [-0.2, -0.15) is 0 Å². The average molecular weight is 401 g/mol. The number of methoxy groups -OCH3 is 1. The van der Waals surface area contributed by atoms with E-state index in [1.807, 2.05) is 12.1 Å². The van der Waals surface area contributed by atoms with Crippen molar-refractivity contribution in [1.29, 1.82) is 0 Å². The van der Waals surface area contributed by atoms with E-state index in [1.165, 1.54) is 12.8 Å². The quantitative estimate of drug-likeness (QED) is 0.497. The van der Waals surface area contributed by atoms with Crippen LogP contribution in [0.2, 0.25) is 0 Å². The smallest absolute Gasteiger partial charge is 0.191 e. The fourth-order valence-corrected chi connectivity index (χ4v) is 3.55. The van der Waals surface area contributed by atoms with Crippen LogP contribution in [0.15, 0.2) is 29.5 Å². The molecule has 0 spiro atoms. The van der Waals surface area contributed by atoms with Crippen LogP contribution in [-0.4, -0.2) is 47.5 Å². The molecule has 158 valence electrons. The summed E-state index contributed by atoms with van der Waals surface area (Å²) in [5.41, 5.74) is 1.12. The Morgan fingerprint density at radius 2 is 2.07 bits per heavy atom. The van der Waals surface area contributed by atoms with Crippen molar-refractivity contribution >= 4 is 5.96 Å². The maximum absolute atomic E-state index is 6.19. The number of aromatic nitrogens is 3. The molecule has 1 aliphatic carbocycles. The van der Waals surface area contributed by atoms with Crippen molar-refractivity contribution in [3.8, 4) is 11.5 Å². The molecule has 8 nitrogen and oxygen atoms in total. The number of guanidine groups is 1. The van der Waals surface area contributed by atoms with E-state index in [0.717, 1.165) is 61.2 Å². The van der Waals surface area contributed by atoms with Crippen molar-refractivity contribution in [3.05, 3.63) is 35.9 Å². The highest BCUT2D eigenvalue weighted by Crippen LogP contribution is 2.32. The van der Waals surface area contributed by atoms with Crippen LogP contribution in [0.5, 0.6) is 11.5 Å². The predicted molar refractivity (Wildman–Crippen MR) is 113 cm³/mol. The van der Waals surface area contributed by atoms with Gasteiger partial charge in [-0.25, -0.2) is 0 Å². The van der Waals surface area contributed by atoms with E-state index in [4.69, 9.17) is 9.47 Å². The summed E-state index contributed by atoms with van der Waals surface area (Å²) in [5, 5.41) is 14.8. The summed E-state index contributed by atoms with van der Waals surface area (Å²) < 4.78 is 13.7. The second-order valence-corrected chi connectivity index (χ2v) is 7.16. The van der Waals surface area contributed by atoms with Gasteiger partial charge in [-0.1, -0.05) is 13.0 Å². The molecule has 0 bridgehead atoms. The van der Waals surface area contributed by atoms with Crippen molar-refractivity contribution in [1.82, 2.24) is 25.4 Å². The summed E-state index contributed by atoms with van der Waals surface area (Å²) >= 11 is 0. The van der Waals surface area contributed by atoms with Crippen LogP contribution in [0.1, 0.15) is 44.0 Å². The molecular formula is C21H32N6O2. The van der Waals surface area contributed by atoms with Crippen LogP contribution in [-0.2, 0) is 19.5 Å². The van der Waals surface area contributed by atoms with Gasteiger partial charge in [0.2, 0.25) is 0 Å². The fourth-order valence-electron chi connectivity index (χ4n) is 3.55. The number of benzene rings is 1. The predicted octanol–water partition coefficient (Wildman–Crippen LogP) is 2.54. The highest BCUT2D eigenvalue weighted by atomic mass is 16.5. The average Bonchev–Trinajstić information content (AvgIpc) is 3.42. The lowest BCUT2D eigenvalue weighted by atomic mass is 10.2. The fraction of sp³-hybridized carbons (Fsp3) is 0.571. The van der Waals surface area contributed by atoms with E-state index in [1.54, 1.807) is 20.5 Å². The largest absolute Gasteiger partial charge is 0.493 e. The Morgan fingerprint density at radius 3 is 2.79 bits per heavy atom. The number of ether oxygens (including phenoxy) is 2. The van der Waals surface area contributed by atoms with Crippen LogP contribution in [0.25, 0.3) is 0 Å². The molecule has 1 fully saturated rings. The number of hydrogen-bond acceptors (Lipinski definition) is 5. The molecule has 8 heteroatoms. The Balaban J connectivity index is 1.51. The zero-order valence-corrected chi connectivity index (χ0v) is 17.6. The summed E-state index contributed by atoms with van der Waals surface area (Å²) in [6.45, 7) is 4.26. The SMILES string of the molecule is CCc1nncn1CCNC(=NC)NCc1ccc(OC)c(OC2CCCC2)c1. The minimum Gasteiger partial charge on any atom is -0.493 e. The van der Waals surface area contributed by atoms with Gasteiger partial charge in [-0.15, -0.1) is 10.2 Å². The molecule has 0 aliphatic heterocycles. The third-order valence-corrected chi connectivity index (χ3v) is 5.16. The number of aryl methyl sites for hydroxylation is 1. The molecule has 1 aromatic carbocycles. The lowest BCUT2D eigenvalue weighted by Crippen LogP contribution is -2.38. The molecule has 0 unspecified atom stereocenters. The van der Waals surface area contributed by atoms with Crippen molar-refractivity contribution in [2.75, 3.05) is 20.7 Å². The van der Waals surface area contributed by atoms with Gasteiger partial charge in [-0.3, -0.25) is 4.99 Å². The van der Waals surface area contributed by atoms with Crippen molar-refractivity contribution in [2.24, 2.45) is 4.99 Å². The van der Waals surface area contributed by atoms with E-state index >= 15 is 0 Å². The second kappa shape index (κ2) is 10.7. The van der Waals surface area contributed by atoms with Gasteiger partial charge in [-0.05, 0) is 43.4 Å². The van der Waals surface area contributed by atoms with Crippen LogP contribution < -0.4 is 20.1 Å². The molecule has 29 heavy (non-hydrogen) atoms. The van der Waals surface area contributed by atoms with Crippen LogP contribution in [0.3, 0.4) is 0 Å². The third kappa shape index (κ3) is 5.85. The summed E-state index contributed by atoms with van der Waals surface area (Å²) in [7, 11) is 3.45. The van der Waals surface area contributed by atoms with E-state index < -0.39 is 0 Å². The topological polar surface area (TPSA) is 85.6 Å². The summed E-state index contributed by atoms with van der Waals surface area (Å²) in [6, 6.07) is 6.07. The lowest BCUT2D eigenvalue weighted by Gasteiger charge is -2.17. The number of nitrogens with one attached hydrogen (secondary N) is 2. The molecule has 0 radical (unpaired) electrons. The molecule has 3 rings (SSSR count). The Labute approximate surface area is 172 Å². The lowest BCUT2D eigenvalue weighted by molar-refractivity contribution is 0.200. The molecular weight excluding hydrogens is 368 g/mol. The van der Waals surface area contributed by atoms with Gasteiger partial charge in [0.1, 0.15) is 12.2 Å². The summed E-state index contributed by atoms with van der Waals surface area (Å²) in [4.78, 5) is 4.30. The maximum Gasteiger partial charge on any atom is 0.191 e. The van der Waals surface area contributed by atoms with E-state index in [9.17, 15) is 0 Å². The standard InChI is InChI=1S/C21H32N6O2/c1-4-20-26-25-15-27(20)12-11-23-21(22-2)24-14-16-9-10-18(28-3)19(13-16)29-17-7-5-6-8-17/h9-10,13,15,17H,4-8,11-12,14H2,1-3H3,(H2,22,23,24). The van der Waals surface area contributed by atoms with Gasteiger partial charge in [0.25, 0.3) is 0 Å². The van der Waals surface area contributed by atoms with Crippen molar-refractivity contribution in [2.45, 2.75) is 58.2 Å². The number of nitrogens with zero attached hydrogens (tertiary/aromatic N) is 4. The monoisotopic (exact) mass is 400 g/mol. The third-order valence-electron chi connectivity index (χ3n) is 5.16. The zero-order chi connectivity index (χ0) is 20.5. The van der Waals surface area contributed by atoms with Gasteiger partial charge in [0.15, 0.2) is 17.5 Å². The van der Waals surface area contributed by atoms with E-state index in [-0.39, 0.29) is 0 Å². The van der Waals surface area contributed by atoms with E-state index in [0.29, 0.717) is 12.6 Å². The molecule has 1 aromatic heterocycles. The molecule has 0 amide bonds. The molecule has 0 atom stereocenters. The molecule has 1 saturated carbocycles.